The summed E-state index contributed by atoms with van der Waals surface area (Å²) in [6, 6.07) is 3.07. The number of phenols is 1. The van der Waals surface area contributed by atoms with E-state index in [-0.39, 0.29) is 27.7 Å². The standard InChI is InChI=1S/C13H12ClNO4S/c1-3-19-9-5-7(4-8(14)11(9)16)6-10-12(17)15(2)13(18)20-10/h4-6,16H,3H2,1-2H3/b10-6-. The predicted octanol–water partition coefficient (Wildman–Crippen LogP) is 3.11. The maximum absolute atomic E-state index is 11.8. The molecule has 1 aliphatic rings. The monoisotopic (exact) mass is 313 g/mol. The lowest BCUT2D eigenvalue weighted by Gasteiger charge is -2.08. The molecule has 1 heterocycles. The third-order valence-electron chi connectivity index (χ3n) is 2.63. The molecule has 0 radical (unpaired) electrons. The zero-order valence-electron chi connectivity index (χ0n) is 10.8. The Morgan fingerprint density at radius 3 is 2.70 bits per heavy atom. The molecule has 0 unspecified atom stereocenters. The van der Waals surface area contributed by atoms with Crippen LogP contribution < -0.4 is 4.74 Å². The summed E-state index contributed by atoms with van der Waals surface area (Å²) in [7, 11) is 1.42. The van der Waals surface area contributed by atoms with Crippen molar-refractivity contribution >= 4 is 40.6 Å². The van der Waals surface area contributed by atoms with E-state index in [0.717, 1.165) is 16.7 Å². The van der Waals surface area contributed by atoms with Crippen molar-refractivity contribution in [2.75, 3.05) is 13.7 Å². The van der Waals surface area contributed by atoms with Crippen LogP contribution in [0, 0.1) is 0 Å². The van der Waals surface area contributed by atoms with Crippen LogP contribution in [-0.2, 0) is 4.79 Å². The van der Waals surface area contributed by atoms with Crippen molar-refractivity contribution in [3.63, 3.8) is 0 Å². The summed E-state index contributed by atoms with van der Waals surface area (Å²) in [5.41, 5.74) is 0.579. The molecule has 0 spiro atoms. The second kappa shape index (κ2) is 5.76. The highest BCUT2D eigenvalue weighted by atomic mass is 35.5. The molecule has 0 saturated carbocycles. The average molecular weight is 314 g/mol. The number of hydrogen-bond acceptors (Lipinski definition) is 5. The number of ether oxygens (including phenoxy) is 1. The van der Waals surface area contributed by atoms with E-state index >= 15 is 0 Å². The molecule has 1 saturated heterocycles. The maximum Gasteiger partial charge on any atom is 0.293 e. The molecule has 20 heavy (non-hydrogen) atoms. The summed E-state index contributed by atoms with van der Waals surface area (Å²) in [4.78, 5) is 24.5. The van der Waals surface area contributed by atoms with E-state index in [4.69, 9.17) is 16.3 Å². The fourth-order valence-electron chi connectivity index (χ4n) is 1.64. The van der Waals surface area contributed by atoms with Gasteiger partial charge in [-0.05, 0) is 42.5 Å². The first-order valence-corrected chi connectivity index (χ1v) is 7.00. The molecule has 0 bridgehead atoms. The van der Waals surface area contributed by atoms with E-state index < -0.39 is 0 Å². The number of rotatable bonds is 3. The number of imide groups is 1. The van der Waals surface area contributed by atoms with Crippen LogP contribution in [0.4, 0.5) is 4.79 Å². The number of thioether (sulfide) groups is 1. The van der Waals surface area contributed by atoms with E-state index in [1.54, 1.807) is 19.1 Å². The van der Waals surface area contributed by atoms with Gasteiger partial charge in [-0.2, -0.15) is 0 Å². The Morgan fingerprint density at radius 1 is 1.45 bits per heavy atom. The lowest BCUT2D eigenvalue weighted by molar-refractivity contribution is -0.121. The average Bonchev–Trinajstić information content (AvgIpc) is 2.63. The number of hydrogen-bond donors (Lipinski definition) is 1. The molecule has 7 heteroatoms. The summed E-state index contributed by atoms with van der Waals surface area (Å²) in [5, 5.41) is 9.54. The van der Waals surface area contributed by atoms with E-state index in [2.05, 4.69) is 0 Å². The summed E-state index contributed by atoms with van der Waals surface area (Å²) >= 11 is 6.76. The molecule has 1 aliphatic heterocycles. The summed E-state index contributed by atoms with van der Waals surface area (Å²) in [6.45, 7) is 2.15. The Hall–Kier alpha value is -1.66. The third kappa shape index (κ3) is 2.76. The number of carbonyl (C=O) groups is 2. The van der Waals surface area contributed by atoms with E-state index in [0.29, 0.717) is 17.1 Å². The van der Waals surface area contributed by atoms with Crippen LogP contribution in [0.5, 0.6) is 11.5 Å². The number of aromatic hydroxyl groups is 1. The van der Waals surface area contributed by atoms with Gasteiger partial charge in [-0.15, -0.1) is 0 Å². The maximum atomic E-state index is 11.8. The molecular weight excluding hydrogens is 302 g/mol. The highest BCUT2D eigenvalue weighted by Crippen LogP contribution is 2.37. The molecule has 1 N–H and O–H groups in total. The van der Waals surface area contributed by atoms with Gasteiger partial charge < -0.3 is 9.84 Å². The Balaban J connectivity index is 2.39. The number of likely N-dealkylation sites (N-methyl/N-ethyl adjacent to an activating group) is 1. The predicted molar refractivity (Wildman–Crippen MR) is 78.0 cm³/mol. The molecule has 5 nitrogen and oxygen atoms in total. The van der Waals surface area contributed by atoms with Crippen molar-refractivity contribution in [1.82, 2.24) is 4.90 Å². The van der Waals surface area contributed by atoms with Crippen molar-refractivity contribution in [2.45, 2.75) is 6.92 Å². The SMILES string of the molecule is CCOc1cc(/C=C2\SC(=O)N(C)C2=O)cc(Cl)c1O. The Labute approximate surface area is 125 Å². The van der Waals surface area contributed by atoms with Crippen LogP contribution in [0.1, 0.15) is 12.5 Å². The summed E-state index contributed by atoms with van der Waals surface area (Å²) in [5.74, 6) is -0.265. The van der Waals surface area contributed by atoms with Crippen LogP contribution in [0.2, 0.25) is 5.02 Å². The molecule has 106 valence electrons. The van der Waals surface area contributed by atoms with Crippen molar-refractivity contribution in [1.29, 1.82) is 0 Å². The van der Waals surface area contributed by atoms with Crippen molar-refractivity contribution in [3.8, 4) is 11.5 Å². The first-order chi connectivity index (χ1) is 9.43. The largest absolute Gasteiger partial charge is 0.503 e. The van der Waals surface area contributed by atoms with Crippen LogP contribution in [0.25, 0.3) is 6.08 Å². The fraction of sp³-hybridized carbons (Fsp3) is 0.231. The normalized spacial score (nSPS) is 17.1. The minimum atomic E-state index is -0.359. The molecule has 1 aromatic rings. The molecule has 0 atom stereocenters. The van der Waals surface area contributed by atoms with Gasteiger partial charge in [0.15, 0.2) is 11.5 Å². The number of nitrogens with zero attached hydrogens (tertiary/aromatic N) is 1. The first kappa shape index (κ1) is 14.7. The number of amides is 2. The summed E-state index contributed by atoms with van der Waals surface area (Å²) in [6.07, 6.45) is 1.54. The lowest BCUT2D eigenvalue weighted by atomic mass is 10.2. The number of benzene rings is 1. The van der Waals surface area contributed by atoms with Crippen LogP contribution in [0.15, 0.2) is 17.0 Å². The first-order valence-electron chi connectivity index (χ1n) is 5.81. The minimum Gasteiger partial charge on any atom is -0.503 e. The number of phenolic OH excluding ortho intramolecular Hbond substituents is 1. The van der Waals surface area contributed by atoms with Crippen molar-refractivity contribution in [3.05, 3.63) is 27.6 Å². The Kier molecular flexibility index (Phi) is 4.25. The number of carbonyl (C=O) groups excluding carboxylic acids is 2. The molecular formula is C13H12ClNO4S. The lowest BCUT2D eigenvalue weighted by Crippen LogP contribution is -2.22. The Bertz CT molecular complexity index is 615. The molecule has 1 fully saturated rings. The molecule has 0 aliphatic carbocycles. The van der Waals surface area contributed by atoms with E-state index in [1.807, 2.05) is 0 Å². The van der Waals surface area contributed by atoms with Gasteiger partial charge in [0.25, 0.3) is 11.1 Å². The molecule has 2 rings (SSSR count). The fourth-order valence-corrected chi connectivity index (χ4v) is 2.69. The highest BCUT2D eigenvalue weighted by molar-refractivity contribution is 8.18. The van der Waals surface area contributed by atoms with Gasteiger partial charge in [0.1, 0.15) is 0 Å². The van der Waals surface area contributed by atoms with Crippen molar-refractivity contribution in [2.24, 2.45) is 0 Å². The van der Waals surface area contributed by atoms with Gasteiger partial charge in [0.2, 0.25) is 0 Å². The molecule has 0 aromatic heterocycles. The van der Waals surface area contributed by atoms with Crippen LogP contribution in [0.3, 0.4) is 0 Å². The Morgan fingerprint density at radius 2 is 2.15 bits per heavy atom. The quantitative estimate of drug-likeness (QED) is 0.868. The minimum absolute atomic E-state index is 0.123. The third-order valence-corrected chi connectivity index (χ3v) is 3.88. The molecule has 2 amide bonds. The molecule has 1 aromatic carbocycles. The second-order valence-electron chi connectivity index (χ2n) is 4.02. The zero-order valence-corrected chi connectivity index (χ0v) is 12.4. The highest BCUT2D eigenvalue weighted by Gasteiger charge is 2.31. The number of halogens is 1. The van der Waals surface area contributed by atoms with Crippen molar-refractivity contribution < 1.29 is 19.4 Å². The van der Waals surface area contributed by atoms with Gasteiger partial charge in [-0.1, -0.05) is 11.6 Å². The topological polar surface area (TPSA) is 66.8 Å². The second-order valence-corrected chi connectivity index (χ2v) is 5.42. The van der Waals surface area contributed by atoms with Gasteiger partial charge in [-0.3, -0.25) is 14.5 Å². The van der Waals surface area contributed by atoms with Gasteiger partial charge in [0.05, 0.1) is 16.5 Å². The van der Waals surface area contributed by atoms with Crippen LogP contribution in [-0.4, -0.2) is 34.8 Å². The zero-order chi connectivity index (χ0) is 14.9. The van der Waals surface area contributed by atoms with E-state index in [1.165, 1.54) is 13.1 Å². The van der Waals surface area contributed by atoms with Gasteiger partial charge in [-0.25, -0.2) is 0 Å². The van der Waals surface area contributed by atoms with Crippen LogP contribution >= 0.6 is 23.4 Å². The van der Waals surface area contributed by atoms with Gasteiger partial charge in [0, 0.05) is 7.05 Å². The smallest absolute Gasteiger partial charge is 0.293 e. The van der Waals surface area contributed by atoms with Gasteiger partial charge >= 0.3 is 0 Å². The van der Waals surface area contributed by atoms with E-state index in [9.17, 15) is 14.7 Å². The summed E-state index contributed by atoms with van der Waals surface area (Å²) < 4.78 is 5.26.